The van der Waals surface area contributed by atoms with Crippen molar-refractivity contribution in [3.05, 3.63) is 17.8 Å². The molecule has 0 unspecified atom stereocenters. The molecule has 0 radical (unpaired) electrons. The van der Waals surface area contributed by atoms with E-state index in [0.717, 1.165) is 19.1 Å². The van der Waals surface area contributed by atoms with Gasteiger partial charge in [-0.15, -0.1) is 0 Å². The van der Waals surface area contributed by atoms with Gasteiger partial charge in [-0.3, -0.25) is 4.79 Å². The lowest BCUT2D eigenvalue weighted by atomic mass is 10.2. The number of rotatable bonds is 4. The Balaban J connectivity index is 2.38. The Kier molecular flexibility index (Phi) is 2.58. The van der Waals surface area contributed by atoms with Crippen LogP contribution in [0.3, 0.4) is 0 Å². The minimum absolute atomic E-state index is 0.270. The SMILES string of the molecule is CN(C)c1nccc(C=O)c1OC1CC1. The molecule has 15 heavy (non-hydrogen) atoms. The lowest BCUT2D eigenvalue weighted by molar-refractivity contribution is 0.111. The topological polar surface area (TPSA) is 42.4 Å². The summed E-state index contributed by atoms with van der Waals surface area (Å²) in [7, 11) is 3.77. The van der Waals surface area contributed by atoms with E-state index >= 15 is 0 Å². The molecule has 0 bridgehead atoms. The van der Waals surface area contributed by atoms with E-state index in [1.54, 1.807) is 12.3 Å². The summed E-state index contributed by atoms with van der Waals surface area (Å²) >= 11 is 0. The van der Waals surface area contributed by atoms with E-state index in [1.165, 1.54) is 0 Å². The van der Waals surface area contributed by atoms with E-state index in [4.69, 9.17) is 4.74 Å². The van der Waals surface area contributed by atoms with Gasteiger partial charge in [0.05, 0.1) is 11.7 Å². The number of carbonyl (C=O) groups excluding carboxylic acids is 1. The molecule has 1 heterocycles. The summed E-state index contributed by atoms with van der Waals surface area (Å²) in [6, 6.07) is 1.68. The third kappa shape index (κ3) is 2.09. The van der Waals surface area contributed by atoms with Crippen molar-refractivity contribution in [1.82, 2.24) is 4.98 Å². The number of nitrogens with zero attached hydrogens (tertiary/aromatic N) is 2. The molecular weight excluding hydrogens is 192 g/mol. The highest BCUT2D eigenvalue weighted by atomic mass is 16.5. The standard InChI is InChI=1S/C11H14N2O2/c1-13(2)11-10(15-9-3-4-9)8(7-14)5-6-12-11/h5-7,9H,3-4H2,1-2H3. The molecule has 1 aromatic rings. The maximum atomic E-state index is 10.9. The quantitative estimate of drug-likeness (QED) is 0.700. The molecule has 4 nitrogen and oxygen atoms in total. The van der Waals surface area contributed by atoms with Crippen LogP contribution in [0.1, 0.15) is 23.2 Å². The van der Waals surface area contributed by atoms with Crippen LogP contribution in [0.2, 0.25) is 0 Å². The number of ether oxygens (including phenoxy) is 1. The van der Waals surface area contributed by atoms with Gasteiger partial charge in [-0.2, -0.15) is 0 Å². The van der Waals surface area contributed by atoms with Crippen LogP contribution < -0.4 is 9.64 Å². The number of pyridine rings is 1. The first-order valence-electron chi connectivity index (χ1n) is 5.00. The van der Waals surface area contributed by atoms with Crippen molar-refractivity contribution in [3.63, 3.8) is 0 Å². The number of aromatic nitrogens is 1. The zero-order chi connectivity index (χ0) is 10.8. The lowest BCUT2D eigenvalue weighted by Gasteiger charge is -2.17. The molecule has 80 valence electrons. The van der Waals surface area contributed by atoms with Crippen molar-refractivity contribution in [2.24, 2.45) is 0 Å². The predicted octanol–water partition coefficient (Wildman–Crippen LogP) is 1.50. The van der Waals surface area contributed by atoms with Gasteiger partial charge in [-0.05, 0) is 18.9 Å². The van der Waals surface area contributed by atoms with Crippen molar-refractivity contribution in [2.75, 3.05) is 19.0 Å². The number of anilines is 1. The molecule has 0 aromatic carbocycles. The molecule has 1 saturated carbocycles. The molecule has 0 spiro atoms. The van der Waals surface area contributed by atoms with Gasteiger partial charge in [0.15, 0.2) is 17.9 Å². The second-order valence-electron chi connectivity index (χ2n) is 3.88. The maximum absolute atomic E-state index is 10.9. The van der Waals surface area contributed by atoms with Crippen molar-refractivity contribution >= 4 is 12.1 Å². The summed E-state index contributed by atoms with van der Waals surface area (Å²) in [5.41, 5.74) is 0.570. The number of carbonyl (C=O) groups is 1. The Labute approximate surface area is 88.9 Å². The van der Waals surface area contributed by atoms with E-state index < -0.39 is 0 Å². The van der Waals surface area contributed by atoms with Crippen LogP contribution in [-0.4, -0.2) is 31.5 Å². The second kappa shape index (κ2) is 3.88. The molecule has 0 aliphatic heterocycles. The zero-order valence-electron chi connectivity index (χ0n) is 8.93. The first-order chi connectivity index (χ1) is 7.22. The minimum atomic E-state index is 0.270. The van der Waals surface area contributed by atoms with E-state index in [1.807, 2.05) is 19.0 Å². The summed E-state index contributed by atoms with van der Waals surface area (Å²) in [5.74, 6) is 1.33. The average molecular weight is 206 g/mol. The van der Waals surface area contributed by atoms with Crippen molar-refractivity contribution in [1.29, 1.82) is 0 Å². The molecule has 1 aliphatic rings. The Morgan fingerprint density at radius 1 is 1.53 bits per heavy atom. The van der Waals surface area contributed by atoms with Gasteiger partial charge in [0, 0.05) is 20.3 Å². The fraction of sp³-hybridized carbons (Fsp3) is 0.455. The summed E-state index contributed by atoms with van der Waals surface area (Å²) in [6.07, 6.45) is 4.84. The van der Waals surface area contributed by atoms with Crippen LogP contribution in [0.4, 0.5) is 5.82 Å². The molecule has 1 aliphatic carbocycles. The van der Waals surface area contributed by atoms with Crippen molar-refractivity contribution < 1.29 is 9.53 Å². The van der Waals surface area contributed by atoms with Gasteiger partial charge in [0.25, 0.3) is 0 Å². The summed E-state index contributed by atoms with van der Waals surface area (Å²) in [5, 5.41) is 0. The molecular formula is C11H14N2O2. The van der Waals surface area contributed by atoms with Gasteiger partial charge in [0.2, 0.25) is 0 Å². The smallest absolute Gasteiger partial charge is 0.172 e. The van der Waals surface area contributed by atoms with Crippen molar-refractivity contribution in [3.8, 4) is 5.75 Å². The molecule has 4 heteroatoms. The van der Waals surface area contributed by atoms with Crippen LogP contribution in [0.5, 0.6) is 5.75 Å². The fourth-order valence-electron chi connectivity index (χ4n) is 1.34. The van der Waals surface area contributed by atoms with Crippen molar-refractivity contribution in [2.45, 2.75) is 18.9 Å². The molecule has 0 saturated heterocycles. The highest BCUT2D eigenvalue weighted by Crippen LogP contribution is 2.34. The Hall–Kier alpha value is -1.58. The van der Waals surface area contributed by atoms with E-state index in [-0.39, 0.29) is 6.10 Å². The largest absolute Gasteiger partial charge is 0.486 e. The van der Waals surface area contributed by atoms with Crippen LogP contribution in [0, 0.1) is 0 Å². The van der Waals surface area contributed by atoms with Crippen LogP contribution in [-0.2, 0) is 0 Å². The summed E-state index contributed by atoms with van der Waals surface area (Å²) in [6.45, 7) is 0. The van der Waals surface area contributed by atoms with Gasteiger partial charge >= 0.3 is 0 Å². The normalized spacial score (nSPS) is 14.8. The first-order valence-corrected chi connectivity index (χ1v) is 5.00. The third-order valence-electron chi connectivity index (χ3n) is 2.28. The molecule has 1 fully saturated rings. The minimum Gasteiger partial charge on any atom is -0.486 e. The number of hydrogen-bond donors (Lipinski definition) is 0. The predicted molar refractivity (Wildman–Crippen MR) is 57.6 cm³/mol. The van der Waals surface area contributed by atoms with Crippen LogP contribution in [0.25, 0.3) is 0 Å². The van der Waals surface area contributed by atoms with E-state index in [2.05, 4.69) is 4.98 Å². The molecule has 0 atom stereocenters. The summed E-state index contributed by atoms with van der Waals surface area (Å²) < 4.78 is 5.70. The second-order valence-corrected chi connectivity index (χ2v) is 3.88. The first kappa shape index (κ1) is 9.96. The van der Waals surface area contributed by atoms with Crippen LogP contribution in [0.15, 0.2) is 12.3 Å². The number of hydrogen-bond acceptors (Lipinski definition) is 4. The molecule has 1 aromatic heterocycles. The molecule has 2 rings (SSSR count). The highest BCUT2D eigenvalue weighted by molar-refractivity contribution is 5.82. The Bertz CT molecular complexity index is 373. The van der Waals surface area contributed by atoms with E-state index in [0.29, 0.717) is 17.1 Å². The van der Waals surface area contributed by atoms with Gasteiger partial charge in [-0.1, -0.05) is 0 Å². The summed E-state index contributed by atoms with van der Waals surface area (Å²) in [4.78, 5) is 16.9. The zero-order valence-corrected chi connectivity index (χ0v) is 8.93. The number of aldehydes is 1. The Morgan fingerprint density at radius 2 is 2.27 bits per heavy atom. The highest BCUT2D eigenvalue weighted by Gasteiger charge is 2.26. The molecule has 0 N–H and O–H groups in total. The van der Waals surface area contributed by atoms with E-state index in [9.17, 15) is 4.79 Å². The lowest BCUT2D eigenvalue weighted by Crippen LogP contribution is -2.14. The fourth-order valence-corrected chi connectivity index (χ4v) is 1.34. The van der Waals surface area contributed by atoms with Gasteiger partial charge < -0.3 is 9.64 Å². The Morgan fingerprint density at radius 3 is 2.80 bits per heavy atom. The van der Waals surface area contributed by atoms with Gasteiger partial charge in [-0.25, -0.2) is 4.98 Å². The average Bonchev–Trinajstić information content (AvgIpc) is 3.01. The van der Waals surface area contributed by atoms with Gasteiger partial charge in [0.1, 0.15) is 0 Å². The monoisotopic (exact) mass is 206 g/mol. The maximum Gasteiger partial charge on any atom is 0.172 e. The van der Waals surface area contributed by atoms with Crippen LogP contribution >= 0.6 is 0 Å². The third-order valence-corrected chi connectivity index (χ3v) is 2.28. The molecule has 0 amide bonds.